The van der Waals surface area contributed by atoms with E-state index in [1.165, 1.54) is 0 Å². The van der Waals surface area contributed by atoms with Crippen molar-refractivity contribution in [3.8, 4) is 11.3 Å². The molecule has 1 heterocycles. The summed E-state index contributed by atoms with van der Waals surface area (Å²) in [6, 6.07) is 18.8. The number of benzene rings is 2. The molecular formula is C20H20Cl2NO2+. The average molecular weight is 377 g/mol. The van der Waals surface area contributed by atoms with Crippen LogP contribution >= 0.6 is 23.2 Å². The normalized spacial score (nSPS) is 13.6. The SMILES string of the molecule is C[C@H]([NH2+]Cc1ccc(-c2ccc(Cl)cc2Cl)o1)[C@H](O)c1ccccc1. The number of halogens is 2. The molecule has 0 fully saturated rings. The Kier molecular flexibility index (Phi) is 5.82. The van der Waals surface area contributed by atoms with E-state index in [0.29, 0.717) is 22.4 Å². The fourth-order valence-corrected chi connectivity index (χ4v) is 3.21. The topological polar surface area (TPSA) is 50.0 Å². The maximum Gasteiger partial charge on any atom is 0.158 e. The van der Waals surface area contributed by atoms with E-state index in [0.717, 1.165) is 16.9 Å². The van der Waals surface area contributed by atoms with Crippen LogP contribution in [-0.4, -0.2) is 11.1 Å². The number of rotatable bonds is 6. The number of aliphatic hydroxyl groups is 1. The first kappa shape index (κ1) is 18.0. The smallest absolute Gasteiger partial charge is 0.158 e. The van der Waals surface area contributed by atoms with Gasteiger partial charge in [0.25, 0.3) is 0 Å². The van der Waals surface area contributed by atoms with Crippen LogP contribution in [0.3, 0.4) is 0 Å². The maximum atomic E-state index is 10.4. The van der Waals surface area contributed by atoms with E-state index < -0.39 is 6.10 Å². The zero-order valence-corrected chi connectivity index (χ0v) is 15.3. The van der Waals surface area contributed by atoms with Gasteiger partial charge in [-0.05, 0) is 42.8 Å². The summed E-state index contributed by atoms with van der Waals surface area (Å²) in [7, 11) is 0. The van der Waals surface area contributed by atoms with E-state index >= 15 is 0 Å². The lowest BCUT2D eigenvalue weighted by Gasteiger charge is -2.17. The minimum atomic E-state index is -0.527. The number of hydrogen-bond donors (Lipinski definition) is 2. The highest BCUT2D eigenvalue weighted by atomic mass is 35.5. The van der Waals surface area contributed by atoms with Crippen molar-refractivity contribution in [1.82, 2.24) is 0 Å². The molecule has 5 heteroatoms. The molecule has 3 aromatic rings. The Hall–Kier alpha value is -1.78. The van der Waals surface area contributed by atoms with Gasteiger partial charge in [0.2, 0.25) is 0 Å². The van der Waals surface area contributed by atoms with Crippen LogP contribution in [0, 0.1) is 0 Å². The molecule has 25 heavy (non-hydrogen) atoms. The molecule has 0 radical (unpaired) electrons. The van der Waals surface area contributed by atoms with Crippen molar-refractivity contribution in [1.29, 1.82) is 0 Å². The molecule has 1 aromatic heterocycles. The predicted molar refractivity (Wildman–Crippen MR) is 101 cm³/mol. The third-order valence-electron chi connectivity index (χ3n) is 4.19. The largest absolute Gasteiger partial charge is 0.455 e. The van der Waals surface area contributed by atoms with Gasteiger partial charge in [0.15, 0.2) is 5.76 Å². The van der Waals surface area contributed by atoms with Crippen molar-refractivity contribution in [3.05, 3.63) is 82.0 Å². The molecule has 0 aliphatic carbocycles. The molecule has 3 rings (SSSR count). The van der Waals surface area contributed by atoms with Crippen LogP contribution in [0.25, 0.3) is 11.3 Å². The second-order valence-corrected chi connectivity index (χ2v) is 6.89. The van der Waals surface area contributed by atoms with E-state index in [1.807, 2.05) is 55.5 Å². The number of hydrogen-bond acceptors (Lipinski definition) is 2. The summed E-state index contributed by atoms with van der Waals surface area (Å²) in [5.74, 6) is 1.54. The fourth-order valence-electron chi connectivity index (χ4n) is 2.71. The molecule has 2 aromatic carbocycles. The summed E-state index contributed by atoms with van der Waals surface area (Å²) in [5, 5.41) is 13.6. The van der Waals surface area contributed by atoms with Crippen molar-refractivity contribution in [2.24, 2.45) is 0 Å². The second-order valence-electron chi connectivity index (χ2n) is 6.04. The van der Waals surface area contributed by atoms with Crippen molar-refractivity contribution in [3.63, 3.8) is 0 Å². The van der Waals surface area contributed by atoms with Crippen molar-refractivity contribution in [2.75, 3.05) is 0 Å². The second kappa shape index (κ2) is 8.07. The number of quaternary nitrogens is 1. The van der Waals surface area contributed by atoms with Crippen LogP contribution in [0.5, 0.6) is 0 Å². The molecule has 2 atom stereocenters. The summed E-state index contributed by atoms with van der Waals surface area (Å²) in [6.07, 6.45) is -0.527. The minimum absolute atomic E-state index is 0.00932. The van der Waals surface area contributed by atoms with Crippen LogP contribution in [0.15, 0.2) is 65.1 Å². The summed E-state index contributed by atoms with van der Waals surface area (Å²) in [4.78, 5) is 0. The van der Waals surface area contributed by atoms with E-state index in [1.54, 1.807) is 12.1 Å². The quantitative estimate of drug-likeness (QED) is 0.667. The molecule has 3 nitrogen and oxygen atoms in total. The van der Waals surface area contributed by atoms with Crippen LogP contribution in [0.1, 0.15) is 24.4 Å². The Morgan fingerprint density at radius 2 is 1.80 bits per heavy atom. The zero-order chi connectivity index (χ0) is 17.8. The average Bonchev–Trinajstić information content (AvgIpc) is 3.08. The van der Waals surface area contributed by atoms with Gasteiger partial charge in [-0.3, -0.25) is 0 Å². The first-order chi connectivity index (χ1) is 12.0. The van der Waals surface area contributed by atoms with Gasteiger partial charge in [-0.25, -0.2) is 0 Å². The van der Waals surface area contributed by atoms with Gasteiger partial charge < -0.3 is 14.8 Å². The first-order valence-corrected chi connectivity index (χ1v) is 8.90. The highest BCUT2D eigenvalue weighted by molar-refractivity contribution is 6.36. The Balaban J connectivity index is 1.64. The summed E-state index contributed by atoms with van der Waals surface area (Å²) < 4.78 is 5.89. The number of aliphatic hydroxyl groups excluding tert-OH is 1. The highest BCUT2D eigenvalue weighted by Crippen LogP contribution is 2.31. The Bertz CT molecular complexity index is 833. The zero-order valence-electron chi connectivity index (χ0n) is 13.8. The molecule has 3 N–H and O–H groups in total. The Labute approximate surface area is 157 Å². The molecular weight excluding hydrogens is 357 g/mol. The van der Waals surface area contributed by atoms with Crippen molar-refractivity contribution >= 4 is 23.2 Å². The van der Waals surface area contributed by atoms with E-state index in [2.05, 4.69) is 5.32 Å². The molecule has 0 amide bonds. The van der Waals surface area contributed by atoms with Crippen LogP contribution in [0.2, 0.25) is 10.0 Å². The van der Waals surface area contributed by atoms with Crippen LogP contribution in [-0.2, 0) is 6.54 Å². The number of furan rings is 1. The number of nitrogens with two attached hydrogens (primary N) is 1. The summed E-state index contributed by atoms with van der Waals surface area (Å²) in [6.45, 7) is 2.63. The van der Waals surface area contributed by atoms with Gasteiger partial charge in [-0.15, -0.1) is 0 Å². The van der Waals surface area contributed by atoms with Crippen molar-refractivity contribution < 1.29 is 14.8 Å². The lowest BCUT2D eigenvalue weighted by molar-refractivity contribution is -0.710. The maximum absolute atomic E-state index is 10.4. The van der Waals surface area contributed by atoms with E-state index in [-0.39, 0.29) is 6.04 Å². The van der Waals surface area contributed by atoms with Gasteiger partial charge in [-0.1, -0.05) is 53.5 Å². The molecule has 0 spiro atoms. The highest BCUT2D eigenvalue weighted by Gasteiger charge is 2.19. The van der Waals surface area contributed by atoms with Crippen molar-refractivity contribution in [2.45, 2.75) is 25.6 Å². The molecule has 0 unspecified atom stereocenters. The molecule has 0 saturated heterocycles. The predicted octanol–water partition coefficient (Wildman–Crippen LogP) is 4.44. The molecule has 0 saturated carbocycles. The molecule has 0 aliphatic heterocycles. The van der Waals surface area contributed by atoms with E-state index in [4.69, 9.17) is 27.6 Å². The minimum Gasteiger partial charge on any atom is -0.455 e. The molecule has 0 bridgehead atoms. The third kappa shape index (κ3) is 4.44. The van der Waals surface area contributed by atoms with Gasteiger partial charge in [0.05, 0.1) is 5.02 Å². The Morgan fingerprint density at radius 1 is 1.04 bits per heavy atom. The van der Waals surface area contributed by atoms with Crippen LogP contribution in [0.4, 0.5) is 0 Å². The van der Waals surface area contributed by atoms with Gasteiger partial charge in [-0.2, -0.15) is 0 Å². The van der Waals surface area contributed by atoms with Gasteiger partial charge in [0.1, 0.15) is 24.5 Å². The monoisotopic (exact) mass is 376 g/mol. The van der Waals surface area contributed by atoms with E-state index in [9.17, 15) is 5.11 Å². The summed E-state index contributed by atoms with van der Waals surface area (Å²) in [5.41, 5.74) is 1.73. The Morgan fingerprint density at radius 3 is 2.52 bits per heavy atom. The lowest BCUT2D eigenvalue weighted by Crippen LogP contribution is -2.88. The third-order valence-corrected chi connectivity index (χ3v) is 4.74. The first-order valence-electron chi connectivity index (χ1n) is 8.15. The van der Waals surface area contributed by atoms with Gasteiger partial charge in [0, 0.05) is 10.6 Å². The summed E-state index contributed by atoms with van der Waals surface area (Å²) >= 11 is 12.2. The standard InChI is InChI=1S/C20H19Cl2NO2/c1-13(20(24)14-5-3-2-4-6-14)23-12-16-8-10-19(25-16)17-9-7-15(21)11-18(17)22/h2-11,13,20,23-24H,12H2,1H3/p+1/t13-,20-/m0/s1. The van der Waals surface area contributed by atoms with Crippen LogP contribution < -0.4 is 5.32 Å². The fraction of sp³-hybridized carbons (Fsp3) is 0.200. The molecule has 0 aliphatic rings. The van der Waals surface area contributed by atoms with Gasteiger partial charge >= 0.3 is 0 Å². The molecule has 130 valence electrons. The lowest BCUT2D eigenvalue weighted by atomic mass is 10.0.